The monoisotopic (exact) mass is 224 g/mol. The van der Waals surface area contributed by atoms with Crippen molar-refractivity contribution in [3.05, 3.63) is 0 Å². The van der Waals surface area contributed by atoms with Crippen molar-refractivity contribution < 1.29 is 4.79 Å². The number of hydrogen-bond donors (Lipinski definition) is 1. The fourth-order valence-electron chi connectivity index (χ4n) is 3.02. The molecule has 1 N–H and O–H groups in total. The Hall–Kier alpha value is -0.730. The van der Waals surface area contributed by atoms with Crippen LogP contribution in [0.3, 0.4) is 0 Å². The Labute approximate surface area is 98.6 Å². The van der Waals surface area contributed by atoms with Crippen molar-refractivity contribution in [1.29, 1.82) is 0 Å². The fraction of sp³-hybridized carbons (Fsp3) is 0.923. The molecule has 1 saturated heterocycles. The van der Waals surface area contributed by atoms with Crippen LogP contribution in [0, 0.1) is 0 Å². The molecular formula is C13H24N2O. The molecule has 0 aromatic rings. The molecule has 1 aliphatic carbocycles. The van der Waals surface area contributed by atoms with Crippen molar-refractivity contribution >= 4 is 6.03 Å². The first-order valence-corrected chi connectivity index (χ1v) is 6.88. The number of carbonyl (C=O) groups is 1. The summed E-state index contributed by atoms with van der Waals surface area (Å²) in [6, 6.07) is 1.13. The average molecular weight is 224 g/mol. The highest BCUT2D eigenvalue weighted by molar-refractivity contribution is 5.75. The maximum absolute atomic E-state index is 12.1. The van der Waals surface area contributed by atoms with Gasteiger partial charge in [0.2, 0.25) is 0 Å². The highest BCUT2D eigenvalue weighted by Crippen LogP contribution is 2.21. The van der Waals surface area contributed by atoms with Crippen molar-refractivity contribution in [1.82, 2.24) is 10.2 Å². The van der Waals surface area contributed by atoms with Crippen LogP contribution in [0.25, 0.3) is 0 Å². The molecule has 1 saturated carbocycles. The van der Waals surface area contributed by atoms with Crippen molar-refractivity contribution in [2.75, 3.05) is 6.54 Å². The summed E-state index contributed by atoms with van der Waals surface area (Å²) in [6.45, 7) is 3.14. The molecule has 1 aliphatic heterocycles. The minimum atomic E-state index is 0.193. The molecule has 2 amide bonds. The highest BCUT2D eigenvalue weighted by Gasteiger charge is 2.27. The SMILES string of the molecule is CCC1CCCCN1C(=O)NC1CCCC1. The highest BCUT2D eigenvalue weighted by atomic mass is 16.2. The normalized spacial score (nSPS) is 27.1. The van der Waals surface area contributed by atoms with Crippen molar-refractivity contribution in [3.63, 3.8) is 0 Å². The van der Waals surface area contributed by atoms with Gasteiger partial charge in [0, 0.05) is 18.6 Å². The minimum Gasteiger partial charge on any atom is -0.335 e. The van der Waals surface area contributed by atoms with Gasteiger partial charge in [-0.1, -0.05) is 19.8 Å². The van der Waals surface area contributed by atoms with E-state index in [4.69, 9.17) is 0 Å². The smallest absolute Gasteiger partial charge is 0.317 e. The average Bonchev–Trinajstić information content (AvgIpc) is 2.81. The van der Waals surface area contributed by atoms with Crippen molar-refractivity contribution in [3.8, 4) is 0 Å². The predicted molar refractivity (Wildman–Crippen MR) is 65.4 cm³/mol. The van der Waals surface area contributed by atoms with Gasteiger partial charge in [-0.3, -0.25) is 0 Å². The van der Waals surface area contributed by atoms with Crippen LogP contribution in [0.4, 0.5) is 4.79 Å². The first kappa shape index (κ1) is 11.7. The largest absolute Gasteiger partial charge is 0.335 e. The number of nitrogens with zero attached hydrogens (tertiary/aromatic N) is 1. The number of urea groups is 1. The van der Waals surface area contributed by atoms with Crippen molar-refractivity contribution in [2.24, 2.45) is 0 Å². The first-order valence-electron chi connectivity index (χ1n) is 6.88. The van der Waals surface area contributed by atoms with Gasteiger partial charge in [0.05, 0.1) is 0 Å². The number of likely N-dealkylation sites (tertiary alicyclic amines) is 1. The van der Waals surface area contributed by atoms with Gasteiger partial charge < -0.3 is 10.2 Å². The summed E-state index contributed by atoms with van der Waals surface area (Å²) in [5.41, 5.74) is 0. The molecule has 1 heterocycles. The van der Waals surface area contributed by atoms with E-state index in [0.717, 1.165) is 13.0 Å². The molecule has 2 rings (SSSR count). The number of carbonyl (C=O) groups excluding carboxylic acids is 1. The molecule has 0 bridgehead atoms. The van der Waals surface area contributed by atoms with Crippen LogP contribution in [-0.4, -0.2) is 29.6 Å². The molecule has 3 heteroatoms. The number of hydrogen-bond acceptors (Lipinski definition) is 1. The zero-order valence-corrected chi connectivity index (χ0v) is 10.4. The second-order valence-corrected chi connectivity index (χ2v) is 5.18. The molecule has 92 valence electrons. The molecule has 1 atom stereocenters. The van der Waals surface area contributed by atoms with Gasteiger partial charge in [-0.2, -0.15) is 0 Å². The Morgan fingerprint density at radius 1 is 1.19 bits per heavy atom. The van der Waals surface area contributed by atoms with Gasteiger partial charge in [-0.15, -0.1) is 0 Å². The van der Waals surface area contributed by atoms with E-state index in [1.54, 1.807) is 0 Å². The molecule has 0 aromatic carbocycles. The van der Waals surface area contributed by atoms with E-state index >= 15 is 0 Å². The van der Waals surface area contributed by atoms with E-state index in [1.807, 2.05) is 0 Å². The second kappa shape index (κ2) is 5.55. The van der Waals surface area contributed by atoms with E-state index in [0.29, 0.717) is 12.1 Å². The number of piperidine rings is 1. The summed E-state index contributed by atoms with van der Waals surface area (Å²) in [7, 11) is 0. The van der Waals surface area contributed by atoms with Gasteiger partial charge in [-0.05, 0) is 38.5 Å². The third-order valence-electron chi connectivity index (χ3n) is 4.04. The molecule has 0 aromatic heterocycles. The standard InChI is InChI=1S/C13H24N2O/c1-2-12-9-5-6-10-15(12)13(16)14-11-7-3-4-8-11/h11-12H,2-10H2,1H3,(H,14,16). The summed E-state index contributed by atoms with van der Waals surface area (Å²) >= 11 is 0. The molecule has 0 spiro atoms. The van der Waals surface area contributed by atoms with E-state index in [-0.39, 0.29) is 6.03 Å². The van der Waals surface area contributed by atoms with Gasteiger partial charge >= 0.3 is 6.03 Å². The molecule has 2 fully saturated rings. The summed E-state index contributed by atoms with van der Waals surface area (Å²) in [5, 5.41) is 3.20. The van der Waals surface area contributed by atoms with Gasteiger partial charge in [-0.25, -0.2) is 4.79 Å². The number of rotatable bonds is 2. The van der Waals surface area contributed by atoms with E-state index in [9.17, 15) is 4.79 Å². The quantitative estimate of drug-likeness (QED) is 0.768. The third kappa shape index (κ3) is 2.69. The fourth-order valence-corrected chi connectivity index (χ4v) is 3.02. The molecule has 2 aliphatic rings. The number of nitrogens with one attached hydrogen (secondary N) is 1. The molecular weight excluding hydrogens is 200 g/mol. The molecule has 1 unspecified atom stereocenters. The summed E-state index contributed by atoms with van der Waals surface area (Å²) in [6.07, 6.45) is 9.66. The predicted octanol–water partition coefficient (Wildman–Crippen LogP) is 2.90. The summed E-state index contributed by atoms with van der Waals surface area (Å²) in [5.74, 6) is 0. The van der Waals surface area contributed by atoms with E-state index in [1.165, 1.54) is 44.9 Å². The summed E-state index contributed by atoms with van der Waals surface area (Å²) in [4.78, 5) is 14.2. The minimum absolute atomic E-state index is 0.193. The van der Waals surface area contributed by atoms with Crippen molar-refractivity contribution in [2.45, 2.75) is 70.4 Å². The van der Waals surface area contributed by atoms with Crippen LogP contribution in [-0.2, 0) is 0 Å². The third-order valence-corrected chi connectivity index (χ3v) is 4.04. The van der Waals surface area contributed by atoms with Gasteiger partial charge in [0.15, 0.2) is 0 Å². The van der Waals surface area contributed by atoms with Crippen LogP contribution in [0.15, 0.2) is 0 Å². The molecule has 0 radical (unpaired) electrons. The zero-order chi connectivity index (χ0) is 11.4. The van der Waals surface area contributed by atoms with Crippen LogP contribution in [0.2, 0.25) is 0 Å². The first-order chi connectivity index (χ1) is 7.81. The Morgan fingerprint density at radius 2 is 1.88 bits per heavy atom. The maximum Gasteiger partial charge on any atom is 0.317 e. The number of amides is 2. The van der Waals surface area contributed by atoms with Crippen LogP contribution in [0.1, 0.15) is 58.3 Å². The van der Waals surface area contributed by atoms with Gasteiger partial charge in [0.25, 0.3) is 0 Å². The van der Waals surface area contributed by atoms with E-state index < -0.39 is 0 Å². The topological polar surface area (TPSA) is 32.3 Å². The Bertz CT molecular complexity index is 236. The Morgan fingerprint density at radius 3 is 2.56 bits per heavy atom. The van der Waals surface area contributed by atoms with E-state index in [2.05, 4.69) is 17.1 Å². The van der Waals surface area contributed by atoms with Crippen LogP contribution < -0.4 is 5.32 Å². The molecule has 3 nitrogen and oxygen atoms in total. The van der Waals surface area contributed by atoms with Gasteiger partial charge in [0.1, 0.15) is 0 Å². The Balaban J connectivity index is 1.86. The summed E-state index contributed by atoms with van der Waals surface area (Å²) < 4.78 is 0. The maximum atomic E-state index is 12.1. The molecule has 16 heavy (non-hydrogen) atoms. The lowest BCUT2D eigenvalue weighted by Crippen LogP contribution is -2.50. The van der Waals surface area contributed by atoms with Crippen LogP contribution >= 0.6 is 0 Å². The lowest BCUT2D eigenvalue weighted by atomic mass is 10.0. The van der Waals surface area contributed by atoms with Crippen LogP contribution in [0.5, 0.6) is 0 Å². The zero-order valence-electron chi connectivity index (χ0n) is 10.4. The lowest BCUT2D eigenvalue weighted by Gasteiger charge is -2.36. The second-order valence-electron chi connectivity index (χ2n) is 5.18. The Kier molecular flexibility index (Phi) is 4.08. The lowest BCUT2D eigenvalue weighted by molar-refractivity contribution is 0.146.